The third-order valence-corrected chi connectivity index (χ3v) is 0.523. The summed E-state index contributed by atoms with van der Waals surface area (Å²) in [6, 6.07) is 0. The molecule has 0 aromatic carbocycles. The molecule has 0 bridgehead atoms. The van der Waals surface area contributed by atoms with Gasteiger partial charge in [-0.2, -0.15) is 0 Å². The number of aldehydes is 1. The van der Waals surface area contributed by atoms with E-state index in [4.69, 9.17) is 0 Å². The van der Waals surface area contributed by atoms with Crippen molar-refractivity contribution in [2.24, 2.45) is 4.99 Å². The Morgan fingerprint density at radius 1 is 1.38 bits per heavy atom. The SMILES string of the molecule is CC(C)(C)N=CC=O. The molecule has 8 heavy (non-hydrogen) atoms. The van der Waals surface area contributed by atoms with Gasteiger partial charge in [-0.15, -0.1) is 0 Å². The van der Waals surface area contributed by atoms with E-state index in [-0.39, 0.29) is 5.54 Å². The molecule has 0 spiro atoms. The van der Waals surface area contributed by atoms with E-state index in [1.54, 1.807) is 0 Å². The van der Waals surface area contributed by atoms with Crippen molar-refractivity contribution in [1.29, 1.82) is 0 Å². The van der Waals surface area contributed by atoms with Gasteiger partial charge in [0.15, 0.2) is 6.29 Å². The summed E-state index contributed by atoms with van der Waals surface area (Å²) in [5.74, 6) is 0. The van der Waals surface area contributed by atoms with Crippen LogP contribution in [-0.2, 0) is 4.79 Å². The summed E-state index contributed by atoms with van der Waals surface area (Å²) in [5, 5.41) is 0. The number of aliphatic imine (C=N–C) groups is 1. The highest BCUT2D eigenvalue weighted by molar-refractivity contribution is 6.12. The van der Waals surface area contributed by atoms with E-state index in [0.29, 0.717) is 6.29 Å². The van der Waals surface area contributed by atoms with Gasteiger partial charge in [0.2, 0.25) is 0 Å². The molecule has 0 saturated heterocycles. The van der Waals surface area contributed by atoms with Gasteiger partial charge >= 0.3 is 0 Å². The molecule has 0 N–H and O–H groups in total. The minimum absolute atomic E-state index is 0.110. The van der Waals surface area contributed by atoms with Crippen molar-refractivity contribution < 1.29 is 4.79 Å². The van der Waals surface area contributed by atoms with E-state index in [1.165, 1.54) is 6.21 Å². The van der Waals surface area contributed by atoms with Crippen molar-refractivity contribution in [3.05, 3.63) is 0 Å². The van der Waals surface area contributed by atoms with E-state index in [2.05, 4.69) is 4.99 Å². The Hall–Kier alpha value is -0.660. The fourth-order valence-electron chi connectivity index (χ4n) is 0.254. The van der Waals surface area contributed by atoms with Crippen LogP contribution in [-0.4, -0.2) is 18.0 Å². The maximum atomic E-state index is 9.70. The molecule has 0 atom stereocenters. The van der Waals surface area contributed by atoms with Gasteiger partial charge in [0.05, 0.1) is 11.8 Å². The molecule has 0 unspecified atom stereocenters. The summed E-state index contributed by atoms with van der Waals surface area (Å²) in [7, 11) is 0. The summed E-state index contributed by atoms with van der Waals surface area (Å²) in [5.41, 5.74) is -0.110. The third-order valence-electron chi connectivity index (χ3n) is 0.523. The maximum Gasteiger partial charge on any atom is 0.160 e. The predicted octanol–water partition coefficient (Wildman–Crippen LogP) is 1.05. The van der Waals surface area contributed by atoms with E-state index < -0.39 is 0 Å². The standard InChI is InChI=1S/C6H11NO/c1-6(2,3)7-4-5-8/h4-5H,1-3H3. The molecule has 0 aliphatic heterocycles. The van der Waals surface area contributed by atoms with Gasteiger partial charge in [0, 0.05) is 0 Å². The molecule has 0 rings (SSSR count). The molecule has 0 saturated carbocycles. The van der Waals surface area contributed by atoms with Gasteiger partial charge < -0.3 is 0 Å². The van der Waals surface area contributed by atoms with Gasteiger partial charge in [-0.05, 0) is 20.8 Å². The average molecular weight is 113 g/mol. The molecule has 0 aliphatic carbocycles. The molecule has 0 radical (unpaired) electrons. The van der Waals surface area contributed by atoms with Gasteiger partial charge in [-0.25, -0.2) is 0 Å². The Balaban J connectivity index is 3.69. The highest BCUT2D eigenvalue weighted by Crippen LogP contribution is 2.03. The van der Waals surface area contributed by atoms with Gasteiger partial charge in [-0.1, -0.05) is 0 Å². The van der Waals surface area contributed by atoms with Crippen molar-refractivity contribution in [2.45, 2.75) is 26.3 Å². The number of hydrogen-bond acceptors (Lipinski definition) is 2. The predicted molar refractivity (Wildman–Crippen MR) is 34.3 cm³/mol. The summed E-state index contributed by atoms with van der Waals surface area (Å²) in [4.78, 5) is 13.6. The van der Waals surface area contributed by atoms with Crippen LogP contribution in [0, 0.1) is 0 Å². The minimum Gasteiger partial charge on any atom is -0.297 e. The molecule has 0 fully saturated rings. The first-order valence-electron chi connectivity index (χ1n) is 2.55. The topological polar surface area (TPSA) is 29.4 Å². The Kier molecular flexibility index (Phi) is 2.38. The molecule has 46 valence electrons. The van der Waals surface area contributed by atoms with Crippen LogP contribution in [0.3, 0.4) is 0 Å². The third kappa shape index (κ3) is 5.34. The second kappa shape index (κ2) is 2.60. The molecule has 0 aromatic heterocycles. The number of rotatable bonds is 1. The summed E-state index contributed by atoms with van der Waals surface area (Å²) in [6.07, 6.45) is 1.96. The largest absolute Gasteiger partial charge is 0.297 e. The monoisotopic (exact) mass is 113 g/mol. The lowest BCUT2D eigenvalue weighted by Gasteiger charge is -2.08. The quantitative estimate of drug-likeness (QED) is 0.369. The van der Waals surface area contributed by atoms with Crippen LogP contribution in [0.15, 0.2) is 4.99 Å². The summed E-state index contributed by atoms with van der Waals surface area (Å²) >= 11 is 0. The molecular weight excluding hydrogens is 102 g/mol. The van der Waals surface area contributed by atoms with Crippen molar-refractivity contribution in [1.82, 2.24) is 0 Å². The van der Waals surface area contributed by atoms with E-state index in [9.17, 15) is 4.79 Å². The van der Waals surface area contributed by atoms with E-state index in [0.717, 1.165) is 0 Å². The molecule has 0 heterocycles. The van der Waals surface area contributed by atoms with Gasteiger partial charge in [0.1, 0.15) is 0 Å². The number of hydrogen-bond donors (Lipinski definition) is 0. The zero-order valence-electron chi connectivity index (χ0n) is 5.51. The summed E-state index contributed by atoms with van der Waals surface area (Å²) in [6.45, 7) is 5.81. The second-order valence-electron chi connectivity index (χ2n) is 2.59. The van der Waals surface area contributed by atoms with Crippen LogP contribution in [0.2, 0.25) is 0 Å². The van der Waals surface area contributed by atoms with Crippen molar-refractivity contribution >= 4 is 12.5 Å². The van der Waals surface area contributed by atoms with Gasteiger partial charge in [-0.3, -0.25) is 9.79 Å². The van der Waals surface area contributed by atoms with Crippen molar-refractivity contribution in [3.8, 4) is 0 Å². The van der Waals surface area contributed by atoms with Crippen molar-refractivity contribution in [3.63, 3.8) is 0 Å². The fourth-order valence-corrected chi connectivity index (χ4v) is 0.254. The first-order chi connectivity index (χ1) is 3.56. The first kappa shape index (κ1) is 7.34. The van der Waals surface area contributed by atoms with Crippen LogP contribution in [0.4, 0.5) is 0 Å². The van der Waals surface area contributed by atoms with Crippen LogP contribution < -0.4 is 0 Å². The normalized spacial score (nSPS) is 12.4. The number of carbonyl (C=O) groups is 1. The fraction of sp³-hybridized carbons (Fsp3) is 0.667. The Labute approximate surface area is 49.6 Å². The second-order valence-corrected chi connectivity index (χ2v) is 2.59. The molecular formula is C6H11NO. The lowest BCUT2D eigenvalue weighted by atomic mass is 10.1. The van der Waals surface area contributed by atoms with Crippen LogP contribution >= 0.6 is 0 Å². The number of carbonyl (C=O) groups excluding carboxylic acids is 1. The zero-order valence-corrected chi connectivity index (χ0v) is 5.51. The average Bonchev–Trinajstić information content (AvgIpc) is 1.59. The van der Waals surface area contributed by atoms with Crippen LogP contribution in [0.5, 0.6) is 0 Å². The maximum absolute atomic E-state index is 9.70. The first-order valence-corrected chi connectivity index (χ1v) is 2.55. The Bertz CT molecular complexity index is 99.6. The van der Waals surface area contributed by atoms with Crippen LogP contribution in [0.1, 0.15) is 20.8 Å². The Morgan fingerprint density at radius 3 is 2.00 bits per heavy atom. The zero-order chi connectivity index (χ0) is 6.62. The molecule has 0 aromatic rings. The summed E-state index contributed by atoms with van der Waals surface area (Å²) < 4.78 is 0. The van der Waals surface area contributed by atoms with Crippen LogP contribution in [0.25, 0.3) is 0 Å². The van der Waals surface area contributed by atoms with E-state index in [1.807, 2.05) is 20.8 Å². The molecule has 0 amide bonds. The number of nitrogens with zero attached hydrogens (tertiary/aromatic N) is 1. The highest BCUT2D eigenvalue weighted by atomic mass is 16.1. The molecule has 2 heteroatoms. The minimum atomic E-state index is -0.110. The molecule has 0 aliphatic rings. The molecule has 2 nitrogen and oxygen atoms in total. The van der Waals surface area contributed by atoms with Crippen molar-refractivity contribution in [2.75, 3.05) is 0 Å². The lowest BCUT2D eigenvalue weighted by molar-refractivity contribution is -0.102. The van der Waals surface area contributed by atoms with Gasteiger partial charge in [0.25, 0.3) is 0 Å². The Morgan fingerprint density at radius 2 is 1.88 bits per heavy atom. The van der Waals surface area contributed by atoms with E-state index >= 15 is 0 Å². The smallest absolute Gasteiger partial charge is 0.160 e. The lowest BCUT2D eigenvalue weighted by Crippen LogP contribution is -2.09. The highest BCUT2D eigenvalue weighted by Gasteiger charge is 2.03.